The van der Waals surface area contributed by atoms with Crippen molar-refractivity contribution < 1.29 is 14.4 Å². The highest BCUT2D eigenvalue weighted by Crippen LogP contribution is 2.36. The van der Waals surface area contributed by atoms with Crippen molar-refractivity contribution in [2.45, 2.75) is 38.6 Å². The fourth-order valence-electron chi connectivity index (χ4n) is 5.21. The molecule has 0 unspecified atom stereocenters. The van der Waals surface area contributed by atoms with Crippen molar-refractivity contribution >= 4 is 17.7 Å². The van der Waals surface area contributed by atoms with Gasteiger partial charge in [0.15, 0.2) is 0 Å². The molecule has 1 aromatic carbocycles. The summed E-state index contributed by atoms with van der Waals surface area (Å²) in [5, 5.41) is 0. The Bertz CT molecular complexity index is 1000. The summed E-state index contributed by atoms with van der Waals surface area (Å²) >= 11 is 0. The minimum atomic E-state index is -0.340. The Kier molecular flexibility index (Phi) is 4.85. The number of pyridine rings is 1. The molecule has 1 aromatic heterocycles. The first kappa shape index (κ1) is 19.0. The van der Waals surface area contributed by atoms with Crippen LogP contribution in [0.5, 0.6) is 0 Å². The highest BCUT2D eigenvalue weighted by Gasteiger charge is 2.37. The maximum Gasteiger partial charge on any atom is 0.261 e. The number of nitrogens with zero attached hydrogens (tertiary/aromatic N) is 3. The monoisotopic (exact) mass is 403 g/mol. The first-order valence-electron chi connectivity index (χ1n) is 10.8. The van der Waals surface area contributed by atoms with Crippen LogP contribution in [-0.2, 0) is 6.54 Å². The first-order valence-corrected chi connectivity index (χ1v) is 10.8. The third kappa shape index (κ3) is 3.30. The van der Waals surface area contributed by atoms with Crippen LogP contribution in [0.3, 0.4) is 0 Å². The molecule has 0 radical (unpaired) electrons. The van der Waals surface area contributed by atoms with Crippen molar-refractivity contribution in [3.8, 4) is 0 Å². The number of amides is 3. The van der Waals surface area contributed by atoms with Crippen molar-refractivity contribution in [1.82, 2.24) is 14.8 Å². The molecule has 2 fully saturated rings. The molecule has 154 valence electrons. The molecule has 2 aromatic rings. The van der Waals surface area contributed by atoms with Gasteiger partial charge in [-0.1, -0.05) is 19.3 Å². The summed E-state index contributed by atoms with van der Waals surface area (Å²) in [7, 11) is 0. The summed E-state index contributed by atoms with van der Waals surface area (Å²) < 4.78 is 0. The number of fused-ring (bicyclic) bond motifs is 2. The van der Waals surface area contributed by atoms with Gasteiger partial charge in [-0.25, -0.2) is 0 Å². The Hall–Kier alpha value is -3.02. The van der Waals surface area contributed by atoms with E-state index in [1.165, 1.54) is 30.6 Å². The molecular weight excluding hydrogens is 378 g/mol. The highest BCUT2D eigenvalue weighted by molar-refractivity contribution is 6.22. The number of carbonyl (C=O) groups is 3. The number of aromatic nitrogens is 1. The smallest absolute Gasteiger partial charge is 0.261 e. The van der Waals surface area contributed by atoms with Gasteiger partial charge in [0, 0.05) is 31.0 Å². The van der Waals surface area contributed by atoms with E-state index in [4.69, 9.17) is 0 Å². The number of benzene rings is 1. The zero-order valence-electron chi connectivity index (χ0n) is 16.9. The second-order valence-corrected chi connectivity index (χ2v) is 8.66. The standard InChI is InChI=1S/C24H25N3O3/c28-22(26-12-9-17-3-1-2-4-19(17)15-26)18-5-6-20-21(13-18)24(30)27(23(20)29)14-16-7-10-25-11-8-16/h5-8,10-11,13,17,19H,1-4,9,12,14-15H2/t17-,19-/m0/s1. The Morgan fingerprint density at radius 3 is 2.47 bits per heavy atom. The van der Waals surface area contributed by atoms with Crippen LogP contribution in [0.15, 0.2) is 42.7 Å². The molecular formula is C24H25N3O3. The van der Waals surface area contributed by atoms with E-state index in [0.29, 0.717) is 22.6 Å². The molecule has 30 heavy (non-hydrogen) atoms. The lowest BCUT2D eigenvalue weighted by Crippen LogP contribution is -2.44. The van der Waals surface area contributed by atoms with Crippen LogP contribution in [0.1, 0.15) is 68.7 Å². The van der Waals surface area contributed by atoms with Gasteiger partial charge in [0.2, 0.25) is 0 Å². The zero-order chi connectivity index (χ0) is 20.7. The number of hydrogen-bond donors (Lipinski definition) is 0. The molecule has 0 spiro atoms. The average molecular weight is 403 g/mol. The van der Waals surface area contributed by atoms with Crippen molar-refractivity contribution in [3.63, 3.8) is 0 Å². The van der Waals surface area contributed by atoms with E-state index >= 15 is 0 Å². The molecule has 1 saturated heterocycles. The second kappa shape index (κ2) is 7.67. The SMILES string of the molecule is O=C(c1ccc2c(c1)C(=O)N(Cc1ccncc1)C2=O)N1CC[C@@H]2CCCC[C@H]2C1. The Balaban J connectivity index is 1.34. The second-order valence-electron chi connectivity index (χ2n) is 8.66. The summed E-state index contributed by atoms with van der Waals surface area (Å²) in [6.07, 6.45) is 9.40. The van der Waals surface area contributed by atoms with Crippen LogP contribution >= 0.6 is 0 Å². The van der Waals surface area contributed by atoms with Gasteiger partial charge >= 0.3 is 0 Å². The van der Waals surface area contributed by atoms with Gasteiger partial charge in [0.05, 0.1) is 17.7 Å². The van der Waals surface area contributed by atoms with Crippen LogP contribution in [0.25, 0.3) is 0 Å². The zero-order valence-corrected chi connectivity index (χ0v) is 16.9. The highest BCUT2D eigenvalue weighted by atomic mass is 16.2. The lowest BCUT2D eigenvalue weighted by molar-refractivity contribution is 0.0520. The van der Waals surface area contributed by atoms with Gasteiger partial charge in [-0.3, -0.25) is 24.3 Å². The van der Waals surface area contributed by atoms with E-state index in [0.717, 1.165) is 31.0 Å². The maximum absolute atomic E-state index is 13.1. The molecule has 5 rings (SSSR count). The minimum absolute atomic E-state index is 0.0327. The van der Waals surface area contributed by atoms with E-state index in [-0.39, 0.29) is 24.3 Å². The largest absolute Gasteiger partial charge is 0.338 e. The van der Waals surface area contributed by atoms with Crippen LogP contribution < -0.4 is 0 Å². The van der Waals surface area contributed by atoms with Crippen LogP contribution in [-0.4, -0.2) is 45.6 Å². The summed E-state index contributed by atoms with van der Waals surface area (Å²) in [6.45, 7) is 1.78. The fraction of sp³-hybridized carbons (Fsp3) is 0.417. The Labute approximate surface area is 175 Å². The van der Waals surface area contributed by atoms with Crippen LogP contribution in [0, 0.1) is 11.8 Å². The molecule has 0 N–H and O–H groups in total. The maximum atomic E-state index is 13.1. The summed E-state index contributed by atoms with van der Waals surface area (Å²) in [5.74, 6) is 0.671. The summed E-state index contributed by atoms with van der Waals surface area (Å²) in [6, 6.07) is 8.50. The Morgan fingerprint density at radius 2 is 1.67 bits per heavy atom. The molecule has 3 heterocycles. The molecule has 1 saturated carbocycles. The van der Waals surface area contributed by atoms with E-state index in [1.54, 1.807) is 42.7 Å². The van der Waals surface area contributed by atoms with Gasteiger partial charge in [0.1, 0.15) is 0 Å². The third-order valence-corrected chi connectivity index (χ3v) is 6.89. The van der Waals surface area contributed by atoms with Gasteiger partial charge in [0.25, 0.3) is 17.7 Å². The van der Waals surface area contributed by atoms with Crippen molar-refractivity contribution in [3.05, 3.63) is 65.0 Å². The summed E-state index contributed by atoms with van der Waals surface area (Å²) in [5.41, 5.74) is 2.03. The van der Waals surface area contributed by atoms with Gasteiger partial charge in [-0.15, -0.1) is 0 Å². The lowest BCUT2D eigenvalue weighted by Gasteiger charge is -2.41. The first-order chi connectivity index (χ1) is 14.6. The third-order valence-electron chi connectivity index (χ3n) is 6.89. The number of hydrogen-bond acceptors (Lipinski definition) is 4. The molecule has 2 aliphatic heterocycles. The number of likely N-dealkylation sites (tertiary alicyclic amines) is 1. The fourth-order valence-corrected chi connectivity index (χ4v) is 5.21. The van der Waals surface area contributed by atoms with Gasteiger partial charge in [-0.05, 0) is 60.6 Å². The molecule has 3 amide bonds. The summed E-state index contributed by atoms with van der Waals surface area (Å²) in [4.78, 5) is 45.9. The van der Waals surface area contributed by atoms with Crippen LogP contribution in [0.2, 0.25) is 0 Å². The Morgan fingerprint density at radius 1 is 0.933 bits per heavy atom. The van der Waals surface area contributed by atoms with Crippen molar-refractivity contribution in [2.75, 3.05) is 13.1 Å². The molecule has 2 atom stereocenters. The van der Waals surface area contributed by atoms with E-state index < -0.39 is 0 Å². The van der Waals surface area contributed by atoms with Crippen molar-refractivity contribution in [2.24, 2.45) is 11.8 Å². The molecule has 1 aliphatic carbocycles. The molecule has 6 heteroatoms. The van der Waals surface area contributed by atoms with Gasteiger partial charge in [-0.2, -0.15) is 0 Å². The van der Waals surface area contributed by atoms with Crippen molar-refractivity contribution in [1.29, 1.82) is 0 Å². The average Bonchev–Trinajstić information content (AvgIpc) is 3.03. The molecule has 6 nitrogen and oxygen atoms in total. The molecule has 3 aliphatic rings. The topological polar surface area (TPSA) is 70.6 Å². The van der Waals surface area contributed by atoms with Crippen LogP contribution in [0.4, 0.5) is 0 Å². The van der Waals surface area contributed by atoms with E-state index in [1.807, 2.05) is 4.90 Å². The number of imide groups is 1. The quantitative estimate of drug-likeness (QED) is 0.735. The predicted molar refractivity (Wildman–Crippen MR) is 111 cm³/mol. The number of carbonyl (C=O) groups excluding carboxylic acids is 3. The van der Waals surface area contributed by atoms with Gasteiger partial charge < -0.3 is 4.90 Å². The number of rotatable bonds is 3. The predicted octanol–water partition coefficient (Wildman–Crippen LogP) is 3.53. The minimum Gasteiger partial charge on any atom is -0.338 e. The van der Waals surface area contributed by atoms with E-state index in [2.05, 4.69) is 4.98 Å². The number of piperidine rings is 1. The van der Waals surface area contributed by atoms with E-state index in [9.17, 15) is 14.4 Å². The molecule has 0 bridgehead atoms. The normalized spacial score (nSPS) is 23.3. The lowest BCUT2D eigenvalue weighted by atomic mass is 9.75.